The molecule has 0 amide bonds. The third kappa shape index (κ3) is 4.57. The van der Waals surface area contributed by atoms with E-state index in [1.807, 2.05) is 25.1 Å². The van der Waals surface area contributed by atoms with Crippen molar-refractivity contribution < 1.29 is 0 Å². The highest BCUT2D eigenvalue weighted by Gasteiger charge is 2.04. The number of anilines is 3. The molecule has 24 heavy (non-hydrogen) atoms. The number of benzene rings is 1. The monoisotopic (exact) mass is 359 g/mol. The summed E-state index contributed by atoms with van der Waals surface area (Å²) in [6, 6.07) is 11.0. The average molecular weight is 360 g/mol. The van der Waals surface area contributed by atoms with Crippen LogP contribution in [0.1, 0.15) is 11.4 Å². The van der Waals surface area contributed by atoms with Crippen molar-refractivity contribution in [1.29, 1.82) is 0 Å². The Balaban J connectivity index is 1.76. The fourth-order valence-corrected chi connectivity index (χ4v) is 2.72. The van der Waals surface area contributed by atoms with Crippen LogP contribution in [0.4, 0.5) is 17.3 Å². The Morgan fingerprint density at radius 3 is 2.29 bits per heavy atom. The molecule has 0 aliphatic heterocycles. The van der Waals surface area contributed by atoms with Crippen LogP contribution in [-0.2, 0) is 6.54 Å². The number of hydrogen-bond acceptors (Lipinski definition) is 5. The number of aromatic nitrogens is 3. The summed E-state index contributed by atoms with van der Waals surface area (Å²) in [6.45, 7) is 2.50. The maximum atomic E-state index is 6.02. The van der Waals surface area contributed by atoms with E-state index in [0.717, 1.165) is 17.1 Å². The number of rotatable bonds is 5. The zero-order valence-electron chi connectivity index (χ0n) is 12.9. The molecule has 0 spiro atoms. The number of nitrogens with zero attached hydrogens (tertiary/aromatic N) is 3. The highest BCUT2D eigenvalue weighted by molar-refractivity contribution is 6.35. The third-order valence-electron chi connectivity index (χ3n) is 3.20. The molecule has 0 bridgehead atoms. The second-order valence-corrected chi connectivity index (χ2v) is 6.05. The Hall–Kier alpha value is -2.37. The summed E-state index contributed by atoms with van der Waals surface area (Å²) in [5, 5.41) is 7.60. The molecule has 2 N–H and O–H groups in total. The predicted molar refractivity (Wildman–Crippen MR) is 98.1 cm³/mol. The minimum absolute atomic E-state index is 0.562. The maximum Gasteiger partial charge on any atom is 0.136 e. The van der Waals surface area contributed by atoms with Crippen molar-refractivity contribution >= 4 is 40.5 Å². The van der Waals surface area contributed by atoms with Gasteiger partial charge in [0.05, 0.1) is 0 Å². The molecule has 7 heteroatoms. The van der Waals surface area contributed by atoms with Crippen molar-refractivity contribution in [2.75, 3.05) is 10.6 Å². The van der Waals surface area contributed by atoms with Crippen LogP contribution in [0.2, 0.25) is 10.0 Å². The molecule has 1 aromatic carbocycles. The van der Waals surface area contributed by atoms with Crippen LogP contribution < -0.4 is 10.6 Å². The first-order valence-electron chi connectivity index (χ1n) is 7.30. The summed E-state index contributed by atoms with van der Waals surface area (Å²) in [5.41, 5.74) is 1.89. The summed E-state index contributed by atoms with van der Waals surface area (Å²) in [6.07, 6.45) is 3.52. The molecule has 3 rings (SSSR count). The molecule has 2 aromatic heterocycles. The third-order valence-corrected chi connectivity index (χ3v) is 3.63. The van der Waals surface area contributed by atoms with E-state index in [2.05, 4.69) is 25.6 Å². The van der Waals surface area contributed by atoms with Crippen molar-refractivity contribution in [2.24, 2.45) is 0 Å². The SMILES string of the molecule is Cc1nc(NCc2ccncc2)cc(Nc2cc(Cl)cc(Cl)c2)n1. The van der Waals surface area contributed by atoms with Gasteiger partial charge in [0.1, 0.15) is 17.5 Å². The summed E-state index contributed by atoms with van der Waals surface area (Å²) in [5.74, 6) is 2.05. The normalized spacial score (nSPS) is 10.5. The van der Waals surface area contributed by atoms with Crippen molar-refractivity contribution in [2.45, 2.75) is 13.5 Å². The number of nitrogens with one attached hydrogen (secondary N) is 2. The molecule has 5 nitrogen and oxygen atoms in total. The van der Waals surface area contributed by atoms with Gasteiger partial charge in [-0.05, 0) is 42.8 Å². The van der Waals surface area contributed by atoms with E-state index in [4.69, 9.17) is 23.2 Å². The smallest absolute Gasteiger partial charge is 0.136 e. The molecule has 0 aliphatic rings. The largest absolute Gasteiger partial charge is 0.366 e. The molecule has 122 valence electrons. The zero-order valence-corrected chi connectivity index (χ0v) is 14.4. The van der Waals surface area contributed by atoms with Crippen molar-refractivity contribution in [1.82, 2.24) is 15.0 Å². The molecule has 2 heterocycles. The van der Waals surface area contributed by atoms with Gasteiger partial charge in [0.25, 0.3) is 0 Å². The van der Waals surface area contributed by atoms with Crippen LogP contribution >= 0.6 is 23.2 Å². The van der Waals surface area contributed by atoms with Gasteiger partial charge in [0, 0.05) is 40.7 Å². The van der Waals surface area contributed by atoms with Crippen LogP contribution in [0.15, 0.2) is 48.8 Å². The Labute approximate surface area is 150 Å². The second-order valence-electron chi connectivity index (χ2n) is 5.18. The van der Waals surface area contributed by atoms with E-state index < -0.39 is 0 Å². The Morgan fingerprint density at radius 1 is 0.917 bits per heavy atom. The number of halogens is 2. The van der Waals surface area contributed by atoms with Gasteiger partial charge in [0.15, 0.2) is 0 Å². The first-order valence-corrected chi connectivity index (χ1v) is 8.06. The molecule has 0 saturated heterocycles. The van der Waals surface area contributed by atoms with Gasteiger partial charge in [-0.25, -0.2) is 9.97 Å². The van der Waals surface area contributed by atoms with Crippen LogP contribution in [-0.4, -0.2) is 15.0 Å². The molecule has 0 saturated carbocycles. The van der Waals surface area contributed by atoms with Gasteiger partial charge < -0.3 is 10.6 Å². The minimum Gasteiger partial charge on any atom is -0.366 e. The van der Waals surface area contributed by atoms with E-state index in [0.29, 0.717) is 28.2 Å². The van der Waals surface area contributed by atoms with E-state index in [1.165, 1.54) is 0 Å². The van der Waals surface area contributed by atoms with Crippen LogP contribution in [0, 0.1) is 6.92 Å². The fourth-order valence-electron chi connectivity index (χ4n) is 2.19. The Bertz CT molecular complexity index is 819. The molecule has 0 aliphatic carbocycles. The lowest BCUT2D eigenvalue weighted by molar-refractivity contribution is 1.02. The highest BCUT2D eigenvalue weighted by Crippen LogP contribution is 2.25. The summed E-state index contributed by atoms with van der Waals surface area (Å²) >= 11 is 12.0. The van der Waals surface area contributed by atoms with Crippen LogP contribution in [0.25, 0.3) is 0 Å². The average Bonchev–Trinajstić information content (AvgIpc) is 2.52. The van der Waals surface area contributed by atoms with E-state index in [1.54, 1.807) is 30.6 Å². The van der Waals surface area contributed by atoms with Crippen molar-refractivity contribution in [3.05, 3.63) is 70.2 Å². The predicted octanol–water partition coefficient (Wildman–Crippen LogP) is 4.84. The first-order chi connectivity index (χ1) is 11.6. The maximum absolute atomic E-state index is 6.02. The van der Waals surface area contributed by atoms with Gasteiger partial charge in [0.2, 0.25) is 0 Å². The minimum atomic E-state index is 0.562. The highest BCUT2D eigenvalue weighted by atomic mass is 35.5. The van der Waals surface area contributed by atoms with Gasteiger partial charge >= 0.3 is 0 Å². The van der Waals surface area contributed by atoms with E-state index in [-0.39, 0.29) is 0 Å². The lowest BCUT2D eigenvalue weighted by Crippen LogP contribution is -2.05. The zero-order chi connectivity index (χ0) is 16.9. The lowest BCUT2D eigenvalue weighted by atomic mass is 10.3. The molecule has 0 radical (unpaired) electrons. The number of aryl methyl sites for hydroxylation is 1. The quantitative estimate of drug-likeness (QED) is 0.682. The number of hydrogen-bond donors (Lipinski definition) is 2. The summed E-state index contributed by atoms with van der Waals surface area (Å²) in [7, 11) is 0. The Kier molecular flexibility index (Phi) is 5.13. The molecular weight excluding hydrogens is 345 g/mol. The standard InChI is InChI=1S/C17H15Cl2N5/c1-11-22-16(21-10-12-2-4-20-5-3-12)9-17(23-11)24-15-7-13(18)6-14(19)8-15/h2-9H,10H2,1H3,(H2,21,22,23,24). The van der Waals surface area contributed by atoms with E-state index in [9.17, 15) is 0 Å². The van der Waals surface area contributed by atoms with Crippen LogP contribution in [0.3, 0.4) is 0 Å². The van der Waals surface area contributed by atoms with Crippen molar-refractivity contribution in [3.63, 3.8) is 0 Å². The molecule has 0 fully saturated rings. The van der Waals surface area contributed by atoms with Gasteiger partial charge in [-0.15, -0.1) is 0 Å². The van der Waals surface area contributed by atoms with Gasteiger partial charge in [-0.3, -0.25) is 4.98 Å². The summed E-state index contributed by atoms with van der Waals surface area (Å²) in [4.78, 5) is 12.8. The molecule has 0 unspecified atom stereocenters. The lowest BCUT2D eigenvalue weighted by Gasteiger charge is -2.11. The fraction of sp³-hybridized carbons (Fsp3) is 0.118. The van der Waals surface area contributed by atoms with E-state index >= 15 is 0 Å². The topological polar surface area (TPSA) is 62.7 Å². The first kappa shape index (κ1) is 16.5. The van der Waals surface area contributed by atoms with Crippen molar-refractivity contribution in [3.8, 4) is 0 Å². The summed E-state index contributed by atoms with van der Waals surface area (Å²) < 4.78 is 0. The molecular formula is C17H15Cl2N5. The molecule has 3 aromatic rings. The number of pyridine rings is 1. The van der Waals surface area contributed by atoms with Gasteiger partial charge in [-0.1, -0.05) is 23.2 Å². The van der Waals surface area contributed by atoms with Crippen LogP contribution in [0.5, 0.6) is 0 Å². The second kappa shape index (κ2) is 7.47. The molecule has 0 atom stereocenters. The van der Waals surface area contributed by atoms with Gasteiger partial charge in [-0.2, -0.15) is 0 Å². The Morgan fingerprint density at radius 2 is 1.58 bits per heavy atom.